The highest BCUT2D eigenvalue weighted by molar-refractivity contribution is 7.90. The minimum absolute atomic E-state index is 0.111. The molecule has 0 atom stereocenters. The number of ether oxygens (including phenoxy) is 1. The van der Waals surface area contributed by atoms with E-state index in [0.29, 0.717) is 24.9 Å². The predicted octanol–water partition coefficient (Wildman–Crippen LogP) is 4.30. The second-order valence-electron chi connectivity index (χ2n) is 10.8. The Labute approximate surface area is 223 Å². The minimum atomic E-state index is -3.59. The van der Waals surface area contributed by atoms with E-state index in [4.69, 9.17) is 4.74 Å². The zero-order chi connectivity index (χ0) is 26.9. The van der Waals surface area contributed by atoms with Gasteiger partial charge < -0.3 is 9.64 Å². The van der Waals surface area contributed by atoms with E-state index in [-0.39, 0.29) is 29.9 Å². The van der Waals surface area contributed by atoms with Crippen LogP contribution in [0.2, 0.25) is 0 Å². The number of hydrogen-bond donors (Lipinski definition) is 1. The molecule has 0 bridgehead atoms. The highest BCUT2D eigenvalue weighted by atomic mass is 32.2. The highest BCUT2D eigenvalue weighted by Crippen LogP contribution is 2.31. The van der Waals surface area contributed by atoms with Crippen LogP contribution < -0.4 is 9.62 Å². The van der Waals surface area contributed by atoms with Gasteiger partial charge >= 0.3 is 0 Å². The third kappa shape index (κ3) is 6.07. The molecule has 3 aliphatic rings. The van der Waals surface area contributed by atoms with Gasteiger partial charge in [-0.1, -0.05) is 6.07 Å². The fourth-order valence-electron chi connectivity index (χ4n) is 5.36. The summed E-state index contributed by atoms with van der Waals surface area (Å²) in [5.41, 5.74) is 3.59. The normalized spacial score (nSPS) is 22.3. The number of rotatable bonds is 7. The molecule has 204 valence electrons. The summed E-state index contributed by atoms with van der Waals surface area (Å²) in [6.45, 7) is 4.83. The molecule has 1 aromatic carbocycles. The topological polar surface area (TPSA) is 101 Å². The largest absolute Gasteiger partial charge is 0.375 e. The molecule has 3 heterocycles. The molecule has 8 nitrogen and oxygen atoms in total. The summed E-state index contributed by atoms with van der Waals surface area (Å²) in [6.07, 6.45) is 7.45. The summed E-state index contributed by atoms with van der Waals surface area (Å²) in [6, 6.07) is 8.79. The fourth-order valence-corrected chi connectivity index (χ4v) is 6.04. The number of amides is 1. The summed E-state index contributed by atoms with van der Waals surface area (Å²) in [5.74, 6) is -0.00569. The zero-order valence-electron chi connectivity index (χ0n) is 21.9. The van der Waals surface area contributed by atoms with Crippen molar-refractivity contribution in [3.05, 3.63) is 53.5 Å². The van der Waals surface area contributed by atoms with Gasteiger partial charge in [0, 0.05) is 37.2 Å². The Morgan fingerprint density at radius 1 is 1.05 bits per heavy atom. The first-order valence-electron chi connectivity index (χ1n) is 13.5. The number of halogens is 1. The molecule has 10 heteroatoms. The number of fused-ring (bicyclic) bond motifs is 1. The summed E-state index contributed by atoms with van der Waals surface area (Å²) < 4.78 is 46.1. The van der Waals surface area contributed by atoms with Crippen molar-refractivity contribution in [2.45, 2.75) is 76.3 Å². The SMILES string of the molecule is CC(C)S(=O)(=O)NC(=O)C1CCC(OC2CCN(c3ccc(C4=Nc5cc(F)ccc5C4)cn3)CC2)CC1. The quantitative estimate of drug-likeness (QED) is 0.560. The molecule has 2 aliphatic heterocycles. The van der Waals surface area contributed by atoms with Gasteiger partial charge in [0.25, 0.3) is 0 Å². The van der Waals surface area contributed by atoms with Crippen molar-refractivity contribution in [1.82, 2.24) is 9.71 Å². The van der Waals surface area contributed by atoms with Crippen molar-refractivity contribution >= 4 is 33.1 Å². The number of hydrogen-bond acceptors (Lipinski definition) is 7. The molecule has 5 rings (SSSR count). The van der Waals surface area contributed by atoms with Gasteiger partial charge in [-0.25, -0.2) is 17.8 Å². The molecule has 0 unspecified atom stereocenters. The maximum absolute atomic E-state index is 13.5. The van der Waals surface area contributed by atoms with Gasteiger partial charge in [-0.2, -0.15) is 0 Å². The number of pyridine rings is 1. The van der Waals surface area contributed by atoms with E-state index in [1.165, 1.54) is 12.1 Å². The molecular weight excluding hydrogens is 507 g/mol. The average molecular weight is 543 g/mol. The molecule has 2 aromatic rings. The number of sulfonamides is 1. The van der Waals surface area contributed by atoms with Gasteiger partial charge in [-0.15, -0.1) is 0 Å². The number of aromatic nitrogens is 1. The number of piperidine rings is 1. The van der Waals surface area contributed by atoms with Crippen molar-refractivity contribution in [2.75, 3.05) is 18.0 Å². The van der Waals surface area contributed by atoms with Gasteiger partial charge in [-0.3, -0.25) is 14.5 Å². The van der Waals surface area contributed by atoms with E-state index in [1.54, 1.807) is 19.9 Å². The van der Waals surface area contributed by atoms with Crippen molar-refractivity contribution in [2.24, 2.45) is 10.9 Å². The maximum atomic E-state index is 13.5. The number of nitrogens with zero attached hydrogens (tertiary/aromatic N) is 3. The Bertz CT molecular complexity index is 1300. The van der Waals surface area contributed by atoms with Gasteiger partial charge in [0.1, 0.15) is 11.6 Å². The lowest BCUT2D eigenvalue weighted by molar-refractivity contribution is -0.125. The molecule has 0 spiro atoms. The monoisotopic (exact) mass is 542 g/mol. The Morgan fingerprint density at radius 3 is 2.42 bits per heavy atom. The summed E-state index contributed by atoms with van der Waals surface area (Å²) in [5, 5.41) is -0.628. The van der Waals surface area contributed by atoms with Crippen LogP contribution in [0.4, 0.5) is 15.9 Å². The first kappa shape index (κ1) is 26.7. The predicted molar refractivity (Wildman–Crippen MR) is 145 cm³/mol. The summed E-state index contributed by atoms with van der Waals surface area (Å²) in [4.78, 5) is 23.9. The number of anilines is 1. The average Bonchev–Trinajstić information content (AvgIpc) is 3.32. The highest BCUT2D eigenvalue weighted by Gasteiger charge is 2.32. The fraction of sp³-hybridized carbons (Fsp3) is 0.536. The number of benzene rings is 1. The molecule has 1 saturated carbocycles. The second kappa shape index (κ2) is 11.1. The van der Waals surface area contributed by atoms with E-state index < -0.39 is 15.3 Å². The van der Waals surface area contributed by atoms with Gasteiger partial charge in [-0.05, 0) is 82.2 Å². The molecule has 1 amide bonds. The first-order chi connectivity index (χ1) is 18.2. The number of carbonyl (C=O) groups excluding carboxylic acids is 1. The van der Waals surface area contributed by atoms with Gasteiger partial charge in [0.2, 0.25) is 15.9 Å². The number of aliphatic imine (C=N–C) groups is 1. The van der Waals surface area contributed by atoms with Gasteiger partial charge in [0.05, 0.1) is 28.9 Å². The summed E-state index contributed by atoms with van der Waals surface area (Å²) in [7, 11) is -3.59. The van der Waals surface area contributed by atoms with Crippen LogP contribution in [0.5, 0.6) is 0 Å². The molecule has 1 aromatic heterocycles. The Hall–Kier alpha value is -2.85. The van der Waals surface area contributed by atoms with Crippen LogP contribution in [0.25, 0.3) is 0 Å². The van der Waals surface area contributed by atoms with Crippen molar-refractivity contribution in [3.8, 4) is 0 Å². The minimum Gasteiger partial charge on any atom is -0.375 e. The lowest BCUT2D eigenvalue weighted by atomic mass is 9.87. The van der Waals surface area contributed by atoms with E-state index in [9.17, 15) is 17.6 Å². The molecule has 2 fully saturated rings. The van der Waals surface area contributed by atoms with Crippen LogP contribution in [0, 0.1) is 11.7 Å². The van der Waals surface area contributed by atoms with Crippen LogP contribution in [0.15, 0.2) is 41.5 Å². The zero-order valence-corrected chi connectivity index (χ0v) is 22.7. The molecule has 1 aliphatic carbocycles. The van der Waals surface area contributed by atoms with E-state index in [0.717, 1.165) is 61.4 Å². The molecule has 0 radical (unpaired) electrons. The van der Waals surface area contributed by atoms with E-state index >= 15 is 0 Å². The second-order valence-corrected chi connectivity index (χ2v) is 13.0. The van der Waals surface area contributed by atoms with Crippen molar-refractivity contribution < 1.29 is 22.3 Å². The number of carbonyl (C=O) groups is 1. The molecule has 1 N–H and O–H groups in total. The maximum Gasteiger partial charge on any atom is 0.237 e. The molecule has 1 saturated heterocycles. The van der Waals surface area contributed by atoms with Crippen LogP contribution in [-0.4, -0.2) is 55.6 Å². The first-order valence-corrected chi connectivity index (χ1v) is 15.0. The smallest absolute Gasteiger partial charge is 0.237 e. The van der Waals surface area contributed by atoms with Crippen molar-refractivity contribution in [3.63, 3.8) is 0 Å². The number of nitrogens with one attached hydrogen (secondary N) is 1. The van der Waals surface area contributed by atoms with Crippen LogP contribution in [0.3, 0.4) is 0 Å². The Balaban J connectivity index is 1.07. The summed E-state index contributed by atoms with van der Waals surface area (Å²) >= 11 is 0. The van der Waals surface area contributed by atoms with Crippen LogP contribution in [-0.2, 0) is 26.0 Å². The van der Waals surface area contributed by atoms with E-state index in [2.05, 4.69) is 19.6 Å². The molecular formula is C28H35FN4O4S. The third-order valence-electron chi connectivity index (χ3n) is 7.80. The standard InChI is InChI=1S/C28H35FN4O4S/c1-18(2)38(35,36)32-28(34)19-4-8-23(9-5-19)37-24-11-13-33(14-12-24)27-10-6-21(17-30-27)25-15-20-3-7-22(29)16-26(20)31-25/h3,6-7,10,16-19,23-24H,4-5,8-9,11-15H2,1-2H3,(H,32,34). The lowest BCUT2D eigenvalue weighted by Gasteiger charge is -2.36. The van der Waals surface area contributed by atoms with Crippen LogP contribution >= 0.6 is 0 Å². The lowest BCUT2D eigenvalue weighted by Crippen LogP contribution is -2.42. The van der Waals surface area contributed by atoms with E-state index in [1.807, 2.05) is 18.3 Å². The third-order valence-corrected chi connectivity index (χ3v) is 9.53. The Kier molecular flexibility index (Phi) is 7.81. The Morgan fingerprint density at radius 2 is 1.76 bits per heavy atom. The molecule has 38 heavy (non-hydrogen) atoms. The van der Waals surface area contributed by atoms with Crippen molar-refractivity contribution in [1.29, 1.82) is 0 Å². The van der Waals surface area contributed by atoms with Gasteiger partial charge in [0.15, 0.2) is 0 Å². The van der Waals surface area contributed by atoms with Crippen LogP contribution in [0.1, 0.15) is 63.5 Å².